The Bertz CT molecular complexity index is 484. The molecule has 2 rings (SSSR count). The van der Waals surface area contributed by atoms with Gasteiger partial charge in [-0.15, -0.1) is 0 Å². The number of nitrogens with one attached hydrogen (secondary N) is 2. The minimum atomic E-state index is -0.565. The topological polar surface area (TPSA) is 118 Å². The second kappa shape index (κ2) is 5.00. The number of hydrogen-bond donors (Lipinski definition) is 3. The summed E-state index contributed by atoms with van der Waals surface area (Å²) in [6, 6.07) is 0. The van der Waals surface area contributed by atoms with Crippen molar-refractivity contribution in [3.05, 3.63) is 28.3 Å². The number of imidazole rings is 1. The zero-order valence-corrected chi connectivity index (χ0v) is 9.53. The average Bonchev–Trinajstić information content (AvgIpc) is 2.94. The zero-order chi connectivity index (χ0) is 13.1. The van der Waals surface area contributed by atoms with Crippen LogP contribution in [0.4, 0.5) is 5.82 Å². The van der Waals surface area contributed by atoms with E-state index in [2.05, 4.69) is 15.8 Å². The summed E-state index contributed by atoms with van der Waals surface area (Å²) in [6.07, 6.45) is 2.62. The minimum absolute atomic E-state index is 0.0614. The monoisotopic (exact) mass is 256 g/mol. The standard InChI is InChI=1S/C8H12N6O4/c1-9-14-11-4-6(18-14)8-10-5-7(13(16)17)12(8)2-3-15/h4-5,9,11,15H,2-3H2,1H3. The van der Waals surface area contributed by atoms with E-state index in [1.807, 2.05) is 0 Å². The van der Waals surface area contributed by atoms with Gasteiger partial charge in [0.1, 0.15) is 12.7 Å². The number of aliphatic hydroxyl groups excluding tert-OH is 1. The molecule has 0 saturated heterocycles. The number of hydrogen-bond acceptors (Lipinski definition) is 8. The number of rotatable bonds is 5. The normalized spacial score (nSPS) is 15.1. The molecule has 0 saturated carbocycles. The van der Waals surface area contributed by atoms with E-state index in [-0.39, 0.29) is 24.8 Å². The molecule has 98 valence electrons. The molecule has 0 radical (unpaired) electrons. The highest BCUT2D eigenvalue weighted by Crippen LogP contribution is 2.23. The van der Waals surface area contributed by atoms with E-state index in [4.69, 9.17) is 9.94 Å². The fourth-order valence-corrected chi connectivity index (χ4v) is 1.51. The third kappa shape index (κ3) is 2.11. The maximum absolute atomic E-state index is 10.8. The van der Waals surface area contributed by atoms with Gasteiger partial charge in [-0.05, 0) is 4.92 Å². The van der Waals surface area contributed by atoms with Crippen molar-refractivity contribution in [2.75, 3.05) is 13.7 Å². The van der Waals surface area contributed by atoms with Gasteiger partial charge in [-0.2, -0.15) is 0 Å². The van der Waals surface area contributed by atoms with Gasteiger partial charge in [-0.3, -0.25) is 5.43 Å². The average molecular weight is 256 g/mol. The molecule has 10 heteroatoms. The van der Waals surface area contributed by atoms with Gasteiger partial charge in [0.05, 0.1) is 12.8 Å². The van der Waals surface area contributed by atoms with Crippen molar-refractivity contribution in [1.29, 1.82) is 0 Å². The van der Waals surface area contributed by atoms with E-state index in [9.17, 15) is 10.1 Å². The van der Waals surface area contributed by atoms with Crippen LogP contribution < -0.4 is 10.9 Å². The van der Waals surface area contributed by atoms with Crippen molar-refractivity contribution in [1.82, 2.24) is 25.7 Å². The first-order valence-corrected chi connectivity index (χ1v) is 5.10. The van der Waals surface area contributed by atoms with Gasteiger partial charge in [0.2, 0.25) is 5.76 Å². The predicted octanol–water partition coefficient (Wildman–Crippen LogP) is -1.03. The van der Waals surface area contributed by atoms with Gasteiger partial charge < -0.3 is 20.1 Å². The summed E-state index contributed by atoms with van der Waals surface area (Å²) in [4.78, 5) is 19.4. The summed E-state index contributed by atoms with van der Waals surface area (Å²) in [5.74, 6) is 0.373. The summed E-state index contributed by atoms with van der Waals surface area (Å²) < 4.78 is 1.27. The Morgan fingerprint density at radius 2 is 2.50 bits per heavy atom. The van der Waals surface area contributed by atoms with E-state index in [1.165, 1.54) is 16.0 Å². The number of nitrogens with zero attached hydrogens (tertiary/aromatic N) is 4. The van der Waals surface area contributed by atoms with Crippen LogP contribution in [0.25, 0.3) is 5.76 Å². The lowest BCUT2D eigenvalue weighted by atomic mass is 10.4. The Balaban J connectivity index is 2.31. The molecular formula is C8H12N6O4. The Morgan fingerprint density at radius 1 is 1.72 bits per heavy atom. The van der Waals surface area contributed by atoms with Gasteiger partial charge in [0.15, 0.2) is 0 Å². The fraction of sp³-hybridized carbons (Fsp3) is 0.375. The van der Waals surface area contributed by atoms with Crippen molar-refractivity contribution < 1.29 is 14.9 Å². The van der Waals surface area contributed by atoms with Gasteiger partial charge in [0, 0.05) is 12.3 Å². The molecule has 0 fully saturated rings. The van der Waals surface area contributed by atoms with Crippen molar-refractivity contribution in [3.63, 3.8) is 0 Å². The summed E-state index contributed by atoms with van der Waals surface area (Å²) in [7, 11) is 1.63. The van der Waals surface area contributed by atoms with E-state index in [0.29, 0.717) is 5.76 Å². The van der Waals surface area contributed by atoms with Crippen LogP contribution in [0.1, 0.15) is 5.82 Å². The summed E-state index contributed by atoms with van der Waals surface area (Å²) >= 11 is 0. The quantitative estimate of drug-likeness (QED) is 0.452. The summed E-state index contributed by atoms with van der Waals surface area (Å²) in [5.41, 5.74) is 5.39. The molecule has 0 spiro atoms. The number of hydrazine groups is 2. The molecule has 1 aliphatic rings. The molecule has 0 aromatic carbocycles. The largest absolute Gasteiger partial charge is 0.392 e. The predicted molar refractivity (Wildman–Crippen MR) is 59.1 cm³/mol. The van der Waals surface area contributed by atoms with Crippen molar-refractivity contribution in [2.24, 2.45) is 0 Å². The van der Waals surface area contributed by atoms with Crippen LogP contribution in [0.5, 0.6) is 0 Å². The highest BCUT2D eigenvalue weighted by molar-refractivity contribution is 5.55. The molecule has 3 N–H and O–H groups in total. The lowest BCUT2D eigenvalue weighted by molar-refractivity contribution is -0.392. The first-order chi connectivity index (χ1) is 8.67. The molecule has 1 aromatic heterocycles. The third-order valence-corrected chi connectivity index (χ3v) is 2.27. The van der Waals surface area contributed by atoms with Crippen LogP contribution in [0.2, 0.25) is 0 Å². The molecular weight excluding hydrogens is 244 g/mol. The van der Waals surface area contributed by atoms with Gasteiger partial charge in [0.25, 0.3) is 5.82 Å². The highest BCUT2D eigenvalue weighted by atomic mass is 16.8. The van der Waals surface area contributed by atoms with E-state index in [1.54, 1.807) is 7.05 Å². The third-order valence-electron chi connectivity index (χ3n) is 2.27. The van der Waals surface area contributed by atoms with E-state index < -0.39 is 4.92 Å². The van der Waals surface area contributed by atoms with Crippen LogP contribution >= 0.6 is 0 Å². The lowest BCUT2D eigenvalue weighted by Gasteiger charge is -2.12. The maximum atomic E-state index is 10.8. The van der Waals surface area contributed by atoms with Crippen LogP contribution in [-0.2, 0) is 11.4 Å². The lowest BCUT2D eigenvalue weighted by Crippen LogP contribution is -2.38. The zero-order valence-electron chi connectivity index (χ0n) is 9.53. The van der Waals surface area contributed by atoms with Crippen LogP contribution in [0.15, 0.2) is 12.4 Å². The number of aromatic nitrogens is 2. The Labute approximate surface area is 102 Å². The second-order valence-electron chi connectivity index (χ2n) is 3.32. The summed E-state index contributed by atoms with van der Waals surface area (Å²) in [6.45, 7) is -0.174. The first kappa shape index (κ1) is 12.3. The molecule has 0 amide bonds. The van der Waals surface area contributed by atoms with E-state index in [0.717, 1.165) is 6.20 Å². The van der Waals surface area contributed by atoms with Gasteiger partial charge >= 0.3 is 5.82 Å². The first-order valence-electron chi connectivity index (χ1n) is 5.10. The molecule has 2 heterocycles. The van der Waals surface area contributed by atoms with E-state index >= 15 is 0 Å². The molecule has 0 aliphatic carbocycles. The molecule has 18 heavy (non-hydrogen) atoms. The van der Waals surface area contributed by atoms with Crippen molar-refractivity contribution in [3.8, 4) is 0 Å². The van der Waals surface area contributed by atoms with Crippen molar-refractivity contribution >= 4 is 11.6 Å². The molecule has 1 aromatic rings. The fourth-order valence-electron chi connectivity index (χ4n) is 1.51. The second-order valence-corrected chi connectivity index (χ2v) is 3.32. The maximum Gasteiger partial charge on any atom is 0.343 e. The molecule has 0 atom stereocenters. The number of aliphatic hydroxyl groups is 1. The van der Waals surface area contributed by atoms with Crippen LogP contribution in [-0.4, -0.2) is 38.5 Å². The molecule has 10 nitrogen and oxygen atoms in total. The Hall–Kier alpha value is -2.17. The SMILES string of the molecule is CNN1NC=C(c2ncc([N+](=O)[O-])n2CCO)O1. The Kier molecular flexibility index (Phi) is 3.41. The van der Waals surface area contributed by atoms with Crippen molar-refractivity contribution in [2.45, 2.75) is 6.54 Å². The van der Waals surface area contributed by atoms with Gasteiger partial charge in [-0.25, -0.2) is 15.0 Å². The molecule has 0 bridgehead atoms. The van der Waals surface area contributed by atoms with Gasteiger partial charge in [-0.1, -0.05) is 0 Å². The molecule has 1 aliphatic heterocycles. The Morgan fingerprint density at radius 3 is 3.06 bits per heavy atom. The highest BCUT2D eigenvalue weighted by Gasteiger charge is 2.27. The van der Waals surface area contributed by atoms with Crippen LogP contribution in [0, 0.1) is 10.1 Å². The van der Waals surface area contributed by atoms with Crippen LogP contribution in [0.3, 0.4) is 0 Å². The number of nitro groups is 1. The summed E-state index contributed by atoms with van der Waals surface area (Å²) in [5, 5.41) is 21.0. The minimum Gasteiger partial charge on any atom is -0.392 e. The molecule has 0 unspecified atom stereocenters. The smallest absolute Gasteiger partial charge is 0.343 e.